The van der Waals surface area contributed by atoms with Gasteiger partial charge in [-0.1, -0.05) is 29.3 Å². The molecule has 7 heteroatoms. The highest BCUT2D eigenvalue weighted by atomic mass is 35.5. The summed E-state index contributed by atoms with van der Waals surface area (Å²) in [5, 5.41) is 9.49. The second-order valence-electron chi connectivity index (χ2n) is 6.75. The zero-order chi connectivity index (χ0) is 18.8. The van der Waals surface area contributed by atoms with Crippen LogP contribution in [-0.4, -0.2) is 28.2 Å². The first kappa shape index (κ1) is 18.4. The molecule has 0 N–H and O–H groups in total. The van der Waals surface area contributed by atoms with E-state index in [2.05, 4.69) is 15.1 Å². The molecule has 0 unspecified atom stereocenters. The molecule has 0 radical (unpaired) electrons. The Balaban J connectivity index is 1.36. The van der Waals surface area contributed by atoms with E-state index in [0.717, 1.165) is 43.6 Å². The molecule has 1 aliphatic heterocycles. The Bertz CT molecular complexity index is 921. The molecule has 27 heavy (non-hydrogen) atoms. The first-order valence-corrected chi connectivity index (χ1v) is 9.60. The van der Waals surface area contributed by atoms with Crippen molar-refractivity contribution in [1.82, 2.24) is 15.1 Å². The van der Waals surface area contributed by atoms with Crippen molar-refractivity contribution in [3.05, 3.63) is 69.8 Å². The third-order valence-corrected chi connectivity index (χ3v) is 5.60. The van der Waals surface area contributed by atoms with E-state index in [9.17, 15) is 4.39 Å². The highest BCUT2D eigenvalue weighted by Crippen LogP contribution is 2.30. The van der Waals surface area contributed by atoms with Crippen LogP contribution in [0.3, 0.4) is 0 Å². The van der Waals surface area contributed by atoms with Crippen molar-refractivity contribution in [2.24, 2.45) is 0 Å². The van der Waals surface area contributed by atoms with Crippen LogP contribution in [0.4, 0.5) is 4.39 Å². The minimum Gasteiger partial charge on any atom is -0.420 e. The zero-order valence-corrected chi connectivity index (χ0v) is 16.0. The van der Waals surface area contributed by atoms with Crippen LogP contribution in [0.2, 0.25) is 10.0 Å². The number of benzene rings is 2. The molecule has 0 atom stereocenters. The van der Waals surface area contributed by atoms with Crippen molar-refractivity contribution in [1.29, 1.82) is 0 Å². The summed E-state index contributed by atoms with van der Waals surface area (Å²) >= 11 is 12.1. The fraction of sp³-hybridized carbons (Fsp3) is 0.300. The van der Waals surface area contributed by atoms with Gasteiger partial charge in [-0.25, -0.2) is 4.39 Å². The number of hydrogen-bond acceptors (Lipinski definition) is 4. The predicted molar refractivity (Wildman–Crippen MR) is 103 cm³/mol. The molecular formula is C20H18Cl2FN3O. The van der Waals surface area contributed by atoms with E-state index in [-0.39, 0.29) is 11.7 Å². The van der Waals surface area contributed by atoms with Crippen LogP contribution in [-0.2, 0) is 6.54 Å². The van der Waals surface area contributed by atoms with Gasteiger partial charge in [0.2, 0.25) is 11.8 Å². The average molecular weight is 406 g/mol. The van der Waals surface area contributed by atoms with Gasteiger partial charge in [0.05, 0.1) is 10.0 Å². The summed E-state index contributed by atoms with van der Waals surface area (Å²) in [5.41, 5.74) is 1.88. The van der Waals surface area contributed by atoms with Gasteiger partial charge in [-0.3, -0.25) is 4.90 Å². The molecule has 1 aromatic heterocycles. The highest BCUT2D eigenvalue weighted by Gasteiger charge is 2.25. The van der Waals surface area contributed by atoms with Crippen molar-refractivity contribution in [2.45, 2.75) is 25.3 Å². The van der Waals surface area contributed by atoms with Gasteiger partial charge in [0.15, 0.2) is 0 Å². The van der Waals surface area contributed by atoms with E-state index in [0.29, 0.717) is 21.8 Å². The Labute approximate surface area is 166 Å². The van der Waals surface area contributed by atoms with E-state index >= 15 is 0 Å². The highest BCUT2D eigenvalue weighted by molar-refractivity contribution is 6.42. The van der Waals surface area contributed by atoms with E-state index < -0.39 is 0 Å². The van der Waals surface area contributed by atoms with E-state index in [1.807, 2.05) is 18.2 Å². The van der Waals surface area contributed by atoms with Crippen molar-refractivity contribution in [2.75, 3.05) is 13.1 Å². The normalized spacial score (nSPS) is 16.0. The van der Waals surface area contributed by atoms with Gasteiger partial charge in [0, 0.05) is 18.0 Å². The lowest BCUT2D eigenvalue weighted by atomic mass is 9.96. The van der Waals surface area contributed by atoms with E-state index in [1.165, 1.54) is 12.1 Å². The fourth-order valence-electron chi connectivity index (χ4n) is 3.34. The van der Waals surface area contributed by atoms with Crippen LogP contribution >= 0.6 is 23.2 Å². The molecule has 2 heterocycles. The lowest BCUT2D eigenvalue weighted by Crippen LogP contribution is -2.32. The molecule has 1 fully saturated rings. The largest absolute Gasteiger partial charge is 0.420 e. The van der Waals surface area contributed by atoms with Gasteiger partial charge in [0.1, 0.15) is 5.82 Å². The molecule has 0 bridgehead atoms. The summed E-state index contributed by atoms with van der Waals surface area (Å²) in [6.45, 7) is 2.73. The Morgan fingerprint density at radius 2 is 1.74 bits per heavy atom. The SMILES string of the molecule is Fc1ccc(-c2nnc(C3CCN(Cc4ccc(Cl)c(Cl)c4)CC3)o2)cc1. The standard InChI is InChI=1S/C20H18Cl2FN3O/c21-17-6-1-13(11-18(17)22)12-26-9-7-15(8-10-26)20-25-24-19(27-20)14-2-4-16(23)5-3-14/h1-6,11,15H,7-10,12H2. The number of rotatable bonds is 4. The molecule has 0 aliphatic carbocycles. The average Bonchev–Trinajstić information content (AvgIpc) is 3.16. The maximum absolute atomic E-state index is 13.0. The molecule has 2 aromatic carbocycles. The summed E-state index contributed by atoms with van der Waals surface area (Å²) in [4.78, 5) is 2.38. The lowest BCUT2D eigenvalue weighted by Gasteiger charge is -2.30. The maximum Gasteiger partial charge on any atom is 0.247 e. The molecule has 0 amide bonds. The summed E-state index contributed by atoms with van der Waals surface area (Å²) in [7, 11) is 0. The first-order chi connectivity index (χ1) is 13.1. The molecular weight excluding hydrogens is 388 g/mol. The molecule has 4 rings (SSSR count). The molecule has 1 aliphatic rings. The van der Waals surface area contributed by atoms with Gasteiger partial charge in [-0.05, 0) is 67.9 Å². The molecule has 1 saturated heterocycles. The number of aromatic nitrogens is 2. The zero-order valence-electron chi connectivity index (χ0n) is 14.5. The topological polar surface area (TPSA) is 42.2 Å². The Morgan fingerprint density at radius 3 is 2.44 bits per heavy atom. The second-order valence-corrected chi connectivity index (χ2v) is 7.57. The minimum absolute atomic E-state index is 0.247. The molecule has 0 saturated carbocycles. The Hall–Kier alpha value is -1.95. The van der Waals surface area contributed by atoms with Crippen LogP contribution in [0.1, 0.15) is 30.2 Å². The van der Waals surface area contributed by atoms with Crippen molar-refractivity contribution < 1.29 is 8.81 Å². The van der Waals surface area contributed by atoms with Crippen molar-refractivity contribution in [3.8, 4) is 11.5 Å². The number of hydrogen-bond donors (Lipinski definition) is 0. The quantitative estimate of drug-likeness (QED) is 0.569. The van der Waals surface area contributed by atoms with E-state index in [4.69, 9.17) is 27.6 Å². The number of likely N-dealkylation sites (tertiary alicyclic amines) is 1. The van der Waals surface area contributed by atoms with Crippen LogP contribution in [0.25, 0.3) is 11.5 Å². The molecule has 3 aromatic rings. The smallest absolute Gasteiger partial charge is 0.247 e. The monoisotopic (exact) mass is 405 g/mol. The number of halogens is 3. The number of piperidine rings is 1. The summed E-state index contributed by atoms with van der Waals surface area (Å²) in [6.07, 6.45) is 1.90. The first-order valence-electron chi connectivity index (χ1n) is 8.84. The van der Waals surface area contributed by atoms with Gasteiger partial charge in [-0.2, -0.15) is 0 Å². The summed E-state index contributed by atoms with van der Waals surface area (Å²) in [5.74, 6) is 1.05. The second kappa shape index (κ2) is 7.97. The third-order valence-electron chi connectivity index (χ3n) is 4.86. The fourth-order valence-corrected chi connectivity index (χ4v) is 3.66. The molecule has 4 nitrogen and oxygen atoms in total. The minimum atomic E-state index is -0.284. The molecule has 140 valence electrons. The van der Waals surface area contributed by atoms with Crippen LogP contribution in [0.5, 0.6) is 0 Å². The maximum atomic E-state index is 13.0. The van der Waals surface area contributed by atoms with Crippen LogP contribution < -0.4 is 0 Å². The molecule has 0 spiro atoms. The summed E-state index contributed by atoms with van der Waals surface area (Å²) in [6, 6.07) is 11.8. The van der Waals surface area contributed by atoms with Gasteiger partial charge >= 0.3 is 0 Å². The van der Waals surface area contributed by atoms with Gasteiger partial charge in [-0.15, -0.1) is 10.2 Å². The lowest BCUT2D eigenvalue weighted by molar-refractivity contribution is 0.193. The van der Waals surface area contributed by atoms with Gasteiger partial charge in [0.25, 0.3) is 0 Å². The predicted octanol–water partition coefficient (Wildman–Crippen LogP) is 5.56. The Morgan fingerprint density at radius 1 is 1.00 bits per heavy atom. The third kappa shape index (κ3) is 4.32. The van der Waals surface area contributed by atoms with Gasteiger partial charge < -0.3 is 4.42 Å². The van der Waals surface area contributed by atoms with Crippen molar-refractivity contribution in [3.63, 3.8) is 0 Å². The van der Waals surface area contributed by atoms with E-state index in [1.54, 1.807) is 12.1 Å². The van der Waals surface area contributed by atoms with Crippen LogP contribution in [0.15, 0.2) is 46.9 Å². The van der Waals surface area contributed by atoms with Crippen LogP contribution in [0, 0.1) is 5.82 Å². The number of nitrogens with zero attached hydrogens (tertiary/aromatic N) is 3. The summed E-state index contributed by atoms with van der Waals surface area (Å²) < 4.78 is 18.9. The van der Waals surface area contributed by atoms with Crippen molar-refractivity contribution >= 4 is 23.2 Å². The Kier molecular flexibility index (Phi) is 5.43.